The maximum absolute atomic E-state index is 12.4. The average Bonchev–Trinajstić information content (AvgIpc) is 1.66. The molecular weight excluding hydrogens is 1510 g/mol. The van der Waals surface area contributed by atoms with Gasteiger partial charge in [0.15, 0.2) is 4.30 Å². The minimum absolute atomic E-state index is 0.0947. The number of methoxy groups -OCH3 is 2. The van der Waals surface area contributed by atoms with Crippen LogP contribution in [0.1, 0.15) is 156 Å². The number of nitrogen functional groups attached to an aromatic ring is 2. The first-order valence-corrected chi connectivity index (χ1v) is 38.8. The van der Waals surface area contributed by atoms with Crippen molar-refractivity contribution in [3.05, 3.63) is 221 Å². The van der Waals surface area contributed by atoms with Crippen LogP contribution in [0.2, 0.25) is 0 Å². The number of hydrazine groups is 1. The summed E-state index contributed by atoms with van der Waals surface area (Å²) in [6.07, 6.45) is 9.98. The summed E-state index contributed by atoms with van der Waals surface area (Å²) in [6.45, 7) is 23.4. The Bertz CT molecular complexity index is 5420. The van der Waals surface area contributed by atoms with E-state index in [0.717, 1.165) is 100 Å². The van der Waals surface area contributed by atoms with Crippen molar-refractivity contribution in [2.75, 3.05) is 47.8 Å². The Morgan fingerprint density at radius 2 is 1.00 bits per heavy atom. The number of ether oxygens (including phenoxy) is 3. The van der Waals surface area contributed by atoms with Crippen molar-refractivity contribution in [3.63, 3.8) is 0 Å². The fourth-order valence-corrected chi connectivity index (χ4v) is 12.5. The molecule has 2 fully saturated rings. The van der Waals surface area contributed by atoms with Gasteiger partial charge in [-0.25, -0.2) is 35.7 Å². The predicted molar refractivity (Wildman–Crippen MR) is 452 cm³/mol. The van der Waals surface area contributed by atoms with E-state index in [9.17, 15) is 4.79 Å². The zero-order valence-corrected chi connectivity index (χ0v) is 68.1. The van der Waals surface area contributed by atoms with Crippen molar-refractivity contribution in [2.24, 2.45) is 5.84 Å². The molecule has 2 aliphatic carbocycles. The lowest BCUT2D eigenvalue weighted by Gasteiger charge is -2.23. The number of pyridine rings is 6. The second kappa shape index (κ2) is 37.3. The molecular formula is C85H91Cl3N18O6S. The highest BCUT2D eigenvalue weighted by atomic mass is 35.6. The lowest BCUT2D eigenvalue weighted by Crippen LogP contribution is -2.31. The Labute approximate surface area is 676 Å². The number of nitrogens with zero attached hydrogens (tertiary/aromatic N) is 11. The standard InChI is InChI=1S/C31H32N6O2.C25H30N4O2.C22H24N6O2.C6H4N2S.CHCl3/c1-31(2,3)24-16-21(20-10-11-20)15-23-25(33-18-19-8-12-22(38-4)13-9-19)17-26(34-28(23)24)29-36-37-30(39-29)35-27-7-5-6-14-32-27;1-25(2,3)20-12-17(16-7-8-16)11-19-21(13-22(24(30)29-26)28-23(19)20)27-14-15-5-9-18(31-4)10-6-15;1-5-29-13-10-14-16(23)12-17(25-19(14)15(11-13)22(2,3)4)20-27-28-21(30-20)26-18-8-6-7-9-24-18;7-5-9-6-3-1-2-4-8-6;2-1(3)4/h5-9,12-17,20H,10-11,18H2,1-4H3,(H,33,34)(H,32,35,37);5-6,9-13,16H,7-8,14,26H2,1-4H3,(H,27,28)(H,29,30);6-12H,5H2,1-4H3,(H2,23,25)(H,24,26,28);1-4H;1H. The molecule has 0 spiro atoms. The molecule has 0 atom stereocenters. The predicted octanol–water partition coefficient (Wildman–Crippen LogP) is 20.2. The van der Waals surface area contributed by atoms with Crippen molar-refractivity contribution in [2.45, 2.75) is 145 Å². The van der Waals surface area contributed by atoms with Gasteiger partial charge in [0.25, 0.3) is 17.7 Å². The number of alkyl halides is 3. The molecule has 13 aromatic rings. The van der Waals surface area contributed by atoms with E-state index >= 15 is 0 Å². The summed E-state index contributed by atoms with van der Waals surface area (Å²) in [7, 11) is 3.33. The molecule has 0 aliphatic heterocycles. The third kappa shape index (κ3) is 22.5. The normalized spacial score (nSPS) is 12.5. The zero-order valence-electron chi connectivity index (χ0n) is 65.0. The summed E-state index contributed by atoms with van der Waals surface area (Å²) < 4.78 is 27.3. The van der Waals surface area contributed by atoms with Gasteiger partial charge < -0.3 is 39.4 Å². The van der Waals surface area contributed by atoms with Gasteiger partial charge in [-0.2, -0.15) is 5.26 Å². The van der Waals surface area contributed by atoms with Gasteiger partial charge in [-0.3, -0.25) is 20.9 Å². The minimum atomic E-state index is -0.750. The monoisotopic (exact) mass is 1600 g/mol. The summed E-state index contributed by atoms with van der Waals surface area (Å²) in [6, 6.07) is 51.7. The molecule has 9 N–H and O–H groups in total. The highest BCUT2D eigenvalue weighted by Gasteiger charge is 2.31. The number of thiocyanates is 1. The maximum Gasteiger partial charge on any atom is 0.321 e. The maximum atomic E-state index is 12.4. The molecule has 113 heavy (non-hydrogen) atoms. The van der Waals surface area contributed by atoms with E-state index in [-0.39, 0.29) is 34.2 Å². The Balaban J connectivity index is 0.000000156. The zero-order chi connectivity index (χ0) is 80.6. The van der Waals surface area contributed by atoms with Crippen LogP contribution in [-0.4, -0.2) is 81.3 Å². The van der Waals surface area contributed by atoms with Crippen LogP contribution < -0.4 is 52.5 Å². The van der Waals surface area contributed by atoms with E-state index in [1.807, 2.05) is 115 Å². The topological polar surface area (TPSA) is 336 Å². The van der Waals surface area contributed by atoms with Gasteiger partial charge in [0, 0.05) is 76.7 Å². The molecule has 0 saturated heterocycles. The molecule has 0 bridgehead atoms. The number of hydrogen-bond donors (Lipinski definition) is 7. The Hall–Kier alpha value is -11.4. The van der Waals surface area contributed by atoms with Gasteiger partial charge >= 0.3 is 12.0 Å². The van der Waals surface area contributed by atoms with Crippen molar-refractivity contribution < 1.29 is 27.8 Å². The number of benzene rings is 5. The molecule has 2 aliphatic rings. The highest BCUT2D eigenvalue weighted by molar-refractivity contribution is 8.03. The van der Waals surface area contributed by atoms with Gasteiger partial charge in [-0.15, -0.1) is 10.2 Å². The number of carbonyl (C=O) groups excluding carboxylic acids is 1. The first-order valence-electron chi connectivity index (χ1n) is 36.7. The van der Waals surface area contributed by atoms with Gasteiger partial charge in [0.2, 0.25) is 0 Å². The fraction of sp³-hybridized carbons (Fsp3) is 0.294. The number of nitrogens with one attached hydrogen (secondary N) is 5. The molecule has 584 valence electrons. The number of hydrogen-bond acceptors (Lipinski definition) is 24. The SMILES string of the molecule is CCOc1cc(C(C)(C)C)c2nc(-c3nnc(Nc4ccccn4)o3)cc(N)c2c1.COc1ccc(CNc2cc(-c3nnc(Nc4ccccn4)o3)nc3c(C(C)(C)C)cc(C4CC4)cc23)cc1.COc1ccc(CNc2cc(C(=O)NN)nc3c(C(C)(C)C)cc(C4CC4)cc23)cc1.ClC(Cl)Cl.N#CSc1ccccn1. The van der Waals surface area contributed by atoms with Crippen LogP contribution in [0.5, 0.6) is 17.2 Å². The van der Waals surface area contributed by atoms with E-state index in [1.54, 1.807) is 51.0 Å². The molecule has 0 radical (unpaired) electrons. The summed E-state index contributed by atoms with van der Waals surface area (Å²) in [4.78, 5) is 39.4. The lowest BCUT2D eigenvalue weighted by atomic mass is 9.83. The Morgan fingerprint density at radius 3 is 1.42 bits per heavy atom. The van der Waals surface area contributed by atoms with Gasteiger partial charge in [-0.05, 0) is 203 Å². The first-order chi connectivity index (χ1) is 54.2. The van der Waals surface area contributed by atoms with Crippen LogP contribution in [0.25, 0.3) is 55.9 Å². The van der Waals surface area contributed by atoms with Gasteiger partial charge in [-0.1, -0.05) is 162 Å². The van der Waals surface area contributed by atoms with Crippen LogP contribution in [0.15, 0.2) is 190 Å². The van der Waals surface area contributed by atoms with Crippen LogP contribution in [-0.2, 0) is 29.3 Å². The molecule has 8 heterocycles. The third-order valence-corrected chi connectivity index (χ3v) is 18.7. The van der Waals surface area contributed by atoms with Gasteiger partial charge in [0.1, 0.15) is 56.4 Å². The number of fused-ring (bicyclic) bond motifs is 3. The molecule has 8 aromatic heterocycles. The highest BCUT2D eigenvalue weighted by Crippen LogP contribution is 2.47. The van der Waals surface area contributed by atoms with E-state index in [4.69, 9.17) is 89.6 Å². The van der Waals surface area contributed by atoms with Crippen molar-refractivity contribution in [3.8, 4) is 45.8 Å². The summed E-state index contributed by atoms with van der Waals surface area (Å²) in [5.74, 6) is 10.5. The Kier molecular flexibility index (Phi) is 27.2. The molecule has 15 rings (SSSR count). The molecule has 1 amide bonds. The smallest absolute Gasteiger partial charge is 0.321 e. The largest absolute Gasteiger partial charge is 0.497 e. The fourth-order valence-electron chi connectivity index (χ4n) is 12.2. The van der Waals surface area contributed by atoms with Gasteiger partial charge in [0.05, 0.1) is 37.4 Å². The number of carbonyl (C=O) groups is 1. The number of amides is 1. The van der Waals surface area contributed by atoms with Crippen LogP contribution in [0, 0.1) is 10.7 Å². The Morgan fingerprint density at radius 1 is 0.558 bits per heavy atom. The van der Waals surface area contributed by atoms with Crippen molar-refractivity contribution >= 4 is 126 Å². The molecule has 28 heteroatoms. The van der Waals surface area contributed by atoms with Crippen LogP contribution in [0.4, 0.5) is 40.7 Å². The number of thioether (sulfide) groups is 1. The molecule has 0 unspecified atom stereocenters. The summed E-state index contributed by atoms with van der Waals surface area (Å²) in [5, 5.41) is 43.7. The lowest BCUT2D eigenvalue weighted by molar-refractivity contribution is 0.0949. The first kappa shape index (κ1) is 82.6. The molecule has 2 saturated carbocycles. The minimum Gasteiger partial charge on any atom is -0.497 e. The number of nitriles is 1. The third-order valence-electron chi connectivity index (χ3n) is 18.1. The number of nitrogens with two attached hydrogens (primary N) is 2. The van der Waals surface area contributed by atoms with Crippen LogP contribution in [0.3, 0.4) is 0 Å². The molecule has 5 aromatic carbocycles. The second-order valence-corrected chi connectivity index (χ2v) is 32.5. The van der Waals surface area contributed by atoms with E-state index in [0.29, 0.717) is 71.8 Å². The number of anilines is 7. The van der Waals surface area contributed by atoms with Crippen LogP contribution >= 0.6 is 46.6 Å². The molecule has 24 nitrogen and oxygen atoms in total. The average molecular weight is 1600 g/mol. The quantitative estimate of drug-likeness (QED) is 0.00930. The van der Waals surface area contributed by atoms with E-state index in [1.165, 1.54) is 42.4 Å². The van der Waals surface area contributed by atoms with Crippen molar-refractivity contribution in [1.82, 2.24) is 55.7 Å². The number of rotatable bonds is 20. The summed E-state index contributed by atoms with van der Waals surface area (Å²) >= 11 is 15.5. The van der Waals surface area contributed by atoms with Crippen molar-refractivity contribution in [1.29, 1.82) is 5.26 Å². The number of halogens is 3. The number of aromatic nitrogens is 10. The second-order valence-electron chi connectivity index (χ2n) is 29.7. The summed E-state index contributed by atoms with van der Waals surface area (Å²) in [5.41, 5.74) is 23.1. The van der Waals surface area contributed by atoms with E-state index in [2.05, 4.69) is 161 Å². The van der Waals surface area contributed by atoms with E-state index < -0.39 is 10.2 Å².